The number of nitrogens with zero attached hydrogens (tertiary/aromatic N) is 6. The molecule has 9 nitrogen and oxygen atoms in total. The number of hydrogen-bond acceptors (Lipinski definition) is 5. The number of nitrogens with one attached hydrogen (secondary N) is 2. The van der Waals surface area contributed by atoms with Gasteiger partial charge in [-0.3, -0.25) is 14.5 Å². The van der Waals surface area contributed by atoms with Gasteiger partial charge in [0.2, 0.25) is 5.91 Å². The van der Waals surface area contributed by atoms with Crippen LogP contribution in [0.1, 0.15) is 48.6 Å². The number of pyridine rings is 1. The van der Waals surface area contributed by atoms with Crippen molar-refractivity contribution in [1.29, 1.82) is 0 Å². The van der Waals surface area contributed by atoms with Gasteiger partial charge in [0.1, 0.15) is 12.7 Å². The van der Waals surface area contributed by atoms with Gasteiger partial charge in [0.25, 0.3) is 0 Å². The molecular weight excluding hydrogens is 508 g/mol. The molecule has 1 fully saturated rings. The maximum absolute atomic E-state index is 12.2. The van der Waals surface area contributed by atoms with Crippen LogP contribution in [0.15, 0.2) is 61.3 Å². The summed E-state index contributed by atoms with van der Waals surface area (Å²) in [6.45, 7) is 7.78. The van der Waals surface area contributed by atoms with Crippen LogP contribution in [0, 0.1) is 19.8 Å². The predicted molar refractivity (Wildman–Crippen MR) is 148 cm³/mol. The Labute approximate surface area is 225 Å². The molecule has 0 unspecified atom stereocenters. The van der Waals surface area contributed by atoms with Crippen molar-refractivity contribution in [3.63, 3.8) is 0 Å². The van der Waals surface area contributed by atoms with Crippen molar-refractivity contribution in [1.82, 2.24) is 29.9 Å². The van der Waals surface area contributed by atoms with Gasteiger partial charge in [0, 0.05) is 34.8 Å². The van der Waals surface area contributed by atoms with Gasteiger partial charge in [-0.05, 0) is 62.5 Å². The fraction of sp³-hybridized carbons (Fsp3) is 0.269. The number of thiocarbonyl (C=S) groups is 1. The second-order valence-corrected chi connectivity index (χ2v) is 10.1. The van der Waals surface area contributed by atoms with Crippen LogP contribution in [0.25, 0.3) is 0 Å². The van der Waals surface area contributed by atoms with Crippen molar-refractivity contribution in [2.45, 2.75) is 39.8 Å². The van der Waals surface area contributed by atoms with E-state index in [4.69, 9.17) is 23.8 Å². The molecule has 0 saturated carbocycles. The SMILES string of the molecule is Cc1cc([C@@H]2[C@H](c3ccccn3)NC(=S)N2c2ccc(NC(=O)C(C)C)c(Cl)c2)c(C)n1-n1cnnc1. The van der Waals surface area contributed by atoms with Crippen LogP contribution in [-0.4, -0.2) is 35.6 Å². The van der Waals surface area contributed by atoms with Gasteiger partial charge >= 0.3 is 0 Å². The normalized spacial score (nSPS) is 17.4. The molecule has 0 radical (unpaired) electrons. The molecule has 0 bridgehead atoms. The first-order valence-electron chi connectivity index (χ1n) is 11.9. The Bertz CT molecular complexity index is 1450. The van der Waals surface area contributed by atoms with Crippen LogP contribution >= 0.6 is 23.8 Å². The fourth-order valence-corrected chi connectivity index (χ4v) is 5.28. The fourth-order valence-electron chi connectivity index (χ4n) is 4.71. The molecule has 2 N–H and O–H groups in total. The quantitative estimate of drug-likeness (QED) is 0.342. The topological polar surface area (TPSA) is 92.9 Å². The summed E-state index contributed by atoms with van der Waals surface area (Å²) in [6, 6.07) is 13.1. The van der Waals surface area contributed by atoms with E-state index in [9.17, 15) is 4.79 Å². The number of aromatic nitrogens is 5. The van der Waals surface area contributed by atoms with Crippen molar-refractivity contribution in [3.05, 3.63) is 89.0 Å². The van der Waals surface area contributed by atoms with E-state index in [1.54, 1.807) is 18.9 Å². The standard InChI is InChI=1S/C26H27ClN8OS/c1-15(2)25(36)31-21-9-8-18(12-20(21)27)34-24(23(32-26(34)37)22-7-5-6-10-28-22)19-11-16(3)35(17(19)4)33-13-29-30-14-33/h5-15,23-24H,1-4H3,(H,31,36)(H,32,37)/t23-,24+/m0/s1. The Morgan fingerprint density at radius 2 is 1.89 bits per heavy atom. The molecule has 37 heavy (non-hydrogen) atoms. The summed E-state index contributed by atoms with van der Waals surface area (Å²) in [5.41, 5.74) is 5.36. The molecule has 4 heterocycles. The van der Waals surface area contributed by atoms with E-state index in [1.165, 1.54) is 0 Å². The highest BCUT2D eigenvalue weighted by molar-refractivity contribution is 7.80. The number of carbonyl (C=O) groups is 1. The maximum atomic E-state index is 12.2. The van der Waals surface area contributed by atoms with E-state index in [0.717, 1.165) is 28.3 Å². The number of benzene rings is 1. The first kappa shape index (κ1) is 24.9. The molecule has 1 amide bonds. The highest BCUT2D eigenvalue weighted by Crippen LogP contribution is 2.44. The minimum atomic E-state index is -0.217. The van der Waals surface area contributed by atoms with Crippen molar-refractivity contribution < 1.29 is 4.79 Å². The van der Waals surface area contributed by atoms with Crippen LogP contribution in [0.4, 0.5) is 11.4 Å². The first-order valence-corrected chi connectivity index (χ1v) is 12.7. The predicted octanol–water partition coefficient (Wildman–Crippen LogP) is 4.83. The summed E-state index contributed by atoms with van der Waals surface area (Å²) in [5, 5.41) is 15.3. The van der Waals surface area contributed by atoms with Gasteiger partial charge in [0.15, 0.2) is 5.11 Å². The molecule has 3 aromatic heterocycles. The van der Waals surface area contributed by atoms with Crippen LogP contribution in [0.2, 0.25) is 5.02 Å². The summed E-state index contributed by atoms with van der Waals surface area (Å²) in [5.74, 6) is -0.252. The van der Waals surface area contributed by atoms with E-state index < -0.39 is 0 Å². The van der Waals surface area contributed by atoms with Crippen LogP contribution in [0.5, 0.6) is 0 Å². The van der Waals surface area contributed by atoms with Crippen LogP contribution in [-0.2, 0) is 4.79 Å². The lowest BCUT2D eigenvalue weighted by molar-refractivity contribution is -0.118. The third-order valence-electron chi connectivity index (χ3n) is 6.50. The number of hydrogen-bond donors (Lipinski definition) is 2. The highest BCUT2D eigenvalue weighted by Gasteiger charge is 2.42. The number of aryl methyl sites for hydroxylation is 1. The van der Waals surface area contributed by atoms with Gasteiger partial charge in [-0.2, -0.15) is 0 Å². The molecule has 1 aliphatic heterocycles. The lowest BCUT2D eigenvalue weighted by atomic mass is 9.96. The average Bonchev–Trinajstić information content (AvgIpc) is 3.58. The Balaban J connectivity index is 1.61. The van der Waals surface area contributed by atoms with Crippen LogP contribution in [0.3, 0.4) is 0 Å². The van der Waals surface area contributed by atoms with E-state index in [2.05, 4.69) is 48.4 Å². The summed E-state index contributed by atoms with van der Waals surface area (Å²) in [7, 11) is 0. The zero-order valence-electron chi connectivity index (χ0n) is 20.9. The Hall–Kier alpha value is -3.76. The van der Waals surface area contributed by atoms with Crippen molar-refractivity contribution >= 4 is 46.2 Å². The minimum absolute atomic E-state index is 0.0949. The van der Waals surface area contributed by atoms with Gasteiger partial charge < -0.3 is 15.5 Å². The van der Waals surface area contributed by atoms with Gasteiger partial charge in [0.05, 0.1) is 28.5 Å². The van der Waals surface area contributed by atoms with Gasteiger partial charge in [-0.25, -0.2) is 4.68 Å². The molecule has 0 aliphatic carbocycles. The van der Waals surface area contributed by atoms with Gasteiger partial charge in [-0.1, -0.05) is 31.5 Å². The molecular formula is C26H27ClN8OS. The van der Waals surface area contributed by atoms with Crippen molar-refractivity contribution in [2.24, 2.45) is 5.92 Å². The first-order chi connectivity index (χ1) is 17.8. The molecule has 11 heteroatoms. The molecule has 5 rings (SSSR count). The number of rotatable bonds is 6. The highest BCUT2D eigenvalue weighted by atomic mass is 35.5. The molecule has 1 saturated heterocycles. The molecule has 1 aliphatic rings. The van der Waals surface area contributed by atoms with Crippen molar-refractivity contribution in [2.75, 3.05) is 10.2 Å². The van der Waals surface area contributed by atoms with E-state index >= 15 is 0 Å². The Morgan fingerprint density at radius 3 is 2.54 bits per heavy atom. The maximum Gasteiger partial charge on any atom is 0.226 e. The van der Waals surface area contributed by atoms with E-state index in [-0.39, 0.29) is 23.9 Å². The lowest BCUT2D eigenvalue weighted by Crippen LogP contribution is -2.29. The number of carbonyl (C=O) groups excluding carboxylic acids is 1. The van der Waals surface area contributed by atoms with Gasteiger partial charge in [-0.15, -0.1) is 10.2 Å². The number of amides is 1. The summed E-state index contributed by atoms with van der Waals surface area (Å²) in [6.07, 6.45) is 5.11. The monoisotopic (exact) mass is 534 g/mol. The summed E-state index contributed by atoms with van der Waals surface area (Å²) in [4.78, 5) is 18.9. The lowest BCUT2D eigenvalue weighted by Gasteiger charge is -2.28. The molecule has 4 aromatic rings. The Kier molecular flexibility index (Phi) is 6.70. The molecule has 2 atom stereocenters. The minimum Gasteiger partial charge on any atom is -0.351 e. The summed E-state index contributed by atoms with van der Waals surface area (Å²) < 4.78 is 3.90. The Morgan fingerprint density at radius 1 is 1.14 bits per heavy atom. The second-order valence-electron chi connectivity index (χ2n) is 9.28. The zero-order valence-corrected chi connectivity index (χ0v) is 22.5. The largest absolute Gasteiger partial charge is 0.351 e. The zero-order chi connectivity index (χ0) is 26.3. The van der Waals surface area contributed by atoms with Crippen LogP contribution < -0.4 is 15.5 Å². The second kappa shape index (κ2) is 9.95. The average molecular weight is 535 g/mol. The van der Waals surface area contributed by atoms with E-state index in [0.29, 0.717) is 15.8 Å². The molecule has 1 aromatic carbocycles. The van der Waals surface area contributed by atoms with E-state index in [1.807, 2.05) is 61.8 Å². The smallest absolute Gasteiger partial charge is 0.226 e. The van der Waals surface area contributed by atoms with Crippen molar-refractivity contribution in [3.8, 4) is 0 Å². The number of halogens is 1. The molecule has 190 valence electrons. The number of anilines is 2. The summed E-state index contributed by atoms with van der Waals surface area (Å²) >= 11 is 12.5. The third-order valence-corrected chi connectivity index (χ3v) is 7.13. The molecule has 0 spiro atoms. The third kappa shape index (κ3) is 4.58.